The van der Waals surface area contributed by atoms with Gasteiger partial charge < -0.3 is 14.0 Å². The number of anilines is 1. The van der Waals surface area contributed by atoms with Crippen LogP contribution in [-0.2, 0) is 6.42 Å². The SMILES string of the molecule is C=C(/C=c1\c(=C/C)sc2ccccc12)N(/C(CC)=C(C#N)/C=C(\CC#N)n1c2ccc(-n3c4c(c(C)c3/C=C\C)CCC=C4)cc2c2c3ccccc3ccc21)c1ccccc1C. The minimum atomic E-state index is 0.0875. The van der Waals surface area contributed by atoms with E-state index in [4.69, 9.17) is 6.58 Å². The van der Waals surface area contributed by atoms with Crippen LogP contribution in [0.4, 0.5) is 5.69 Å². The van der Waals surface area contributed by atoms with Crippen molar-refractivity contribution in [2.24, 2.45) is 0 Å². The Kier molecular flexibility index (Phi) is 11.2. The Hall–Kier alpha value is -7.38. The van der Waals surface area contributed by atoms with Gasteiger partial charge in [-0.05, 0) is 135 Å². The molecule has 0 aliphatic heterocycles. The Bertz CT molecular complexity index is 3510. The van der Waals surface area contributed by atoms with Crippen LogP contribution in [0.2, 0.25) is 0 Å². The molecule has 0 radical (unpaired) electrons. The highest BCUT2D eigenvalue weighted by Crippen LogP contribution is 2.41. The van der Waals surface area contributed by atoms with Crippen molar-refractivity contribution in [2.75, 3.05) is 4.90 Å². The second kappa shape index (κ2) is 17.2. The molecule has 5 aromatic carbocycles. The predicted octanol–water partition coefficient (Wildman–Crippen LogP) is 13.8. The highest BCUT2D eigenvalue weighted by molar-refractivity contribution is 7.17. The summed E-state index contributed by atoms with van der Waals surface area (Å²) in [7, 11) is 0. The van der Waals surface area contributed by atoms with E-state index in [-0.39, 0.29) is 6.42 Å². The van der Waals surface area contributed by atoms with Crippen molar-refractivity contribution in [3.63, 3.8) is 0 Å². The number of aromatic nitrogens is 2. The third-order valence-electron chi connectivity index (χ3n) is 12.5. The maximum atomic E-state index is 11.2. The first-order valence-electron chi connectivity index (χ1n) is 21.7. The molecule has 1 aliphatic rings. The lowest BCUT2D eigenvalue weighted by Gasteiger charge is -2.30. The molecule has 0 spiro atoms. The number of fused-ring (bicyclic) bond motifs is 7. The van der Waals surface area contributed by atoms with E-state index in [1.807, 2.05) is 18.2 Å². The monoisotopic (exact) mass is 835 g/mol. The summed E-state index contributed by atoms with van der Waals surface area (Å²) in [6.07, 6.45) is 17.8. The van der Waals surface area contributed by atoms with E-state index in [1.165, 1.54) is 37.1 Å². The molecule has 1 aliphatic carbocycles. The van der Waals surface area contributed by atoms with Crippen molar-refractivity contribution in [3.8, 4) is 17.8 Å². The van der Waals surface area contributed by atoms with Crippen LogP contribution in [-0.4, -0.2) is 9.13 Å². The van der Waals surface area contributed by atoms with Gasteiger partial charge in [-0.15, -0.1) is 11.3 Å². The number of benzene rings is 5. The molecule has 0 fully saturated rings. The number of allylic oxidation sites excluding steroid dienone is 7. The fourth-order valence-corrected chi connectivity index (χ4v) is 10.7. The van der Waals surface area contributed by atoms with E-state index in [1.54, 1.807) is 11.3 Å². The molecule has 5 nitrogen and oxygen atoms in total. The van der Waals surface area contributed by atoms with Gasteiger partial charge in [0.1, 0.15) is 6.07 Å². The summed E-state index contributed by atoms with van der Waals surface area (Å²) in [5, 5.41) is 28.6. The molecule has 6 heteroatoms. The first kappa shape index (κ1) is 41.0. The molecule has 0 saturated carbocycles. The number of nitrogens with zero attached hydrogens (tertiary/aromatic N) is 5. The van der Waals surface area contributed by atoms with Crippen molar-refractivity contribution in [1.82, 2.24) is 9.13 Å². The average Bonchev–Trinajstić information content (AvgIpc) is 3.94. The lowest BCUT2D eigenvalue weighted by molar-refractivity contribution is 0.953. The number of para-hydroxylation sites is 1. The minimum absolute atomic E-state index is 0.0875. The Morgan fingerprint density at radius 1 is 0.889 bits per heavy atom. The number of hydrogen-bond donors (Lipinski definition) is 0. The fourth-order valence-electron chi connectivity index (χ4n) is 9.61. The number of rotatable bonds is 10. The van der Waals surface area contributed by atoms with E-state index >= 15 is 0 Å². The van der Waals surface area contributed by atoms with Crippen LogP contribution in [0.1, 0.15) is 68.1 Å². The zero-order chi connectivity index (χ0) is 43.8. The molecule has 8 aromatic rings. The molecule has 0 unspecified atom stereocenters. The molecular weight excluding hydrogens is 787 g/mol. The highest BCUT2D eigenvalue weighted by atomic mass is 32.1. The molecule has 9 rings (SSSR count). The van der Waals surface area contributed by atoms with E-state index < -0.39 is 0 Å². The van der Waals surface area contributed by atoms with Crippen LogP contribution in [0.3, 0.4) is 0 Å². The molecular formula is C57H49N5S. The average molecular weight is 836 g/mol. The topological polar surface area (TPSA) is 60.7 Å². The summed E-state index contributed by atoms with van der Waals surface area (Å²) in [5.74, 6) is 0. The molecule has 3 aromatic heterocycles. The largest absolute Gasteiger partial charge is 0.313 e. The number of hydrogen-bond acceptors (Lipinski definition) is 4. The standard InChI is InChI=1S/C57H49N5S/c1-7-18-51-39(6)44-21-13-16-25-52(44)61(51)42-28-30-53-48(35-42)57-45-22-12-11-20-40(45)27-29-54(57)62(53)43(31-32-58)34-41(36-59)49(8-2)60(50-24-15-10-19-37(50)4)38(5)33-47-46-23-14-17-26-56(46)63-55(47)9-3/h7,9-12,14-20,22-30,33-35H,5,8,13,21,31H2,1-4,6H3/b18-7-,43-34+,47-33-,49-41-,55-9+. The normalized spacial score (nSPS) is 13.9. The van der Waals surface area contributed by atoms with Gasteiger partial charge in [0, 0.05) is 70.5 Å². The van der Waals surface area contributed by atoms with Crippen molar-refractivity contribution in [1.29, 1.82) is 10.5 Å². The molecule has 0 atom stereocenters. The van der Waals surface area contributed by atoms with Crippen LogP contribution in [0, 0.1) is 36.5 Å². The van der Waals surface area contributed by atoms with Crippen LogP contribution in [0.5, 0.6) is 0 Å². The molecule has 3 heterocycles. The van der Waals surface area contributed by atoms with Gasteiger partial charge in [0.15, 0.2) is 0 Å². The Morgan fingerprint density at radius 3 is 2.41 bits per heavy atom. The maximum Gasteiger partial charge on any atom is 0.101 e. The number of thiophene rings is 1. The maximum absolute atomic E-state index is 11.2. The van der Waals surface area contributed by atoms with Gasteiger partial charge in [0.05, 0.1) is 29.1 Å². The lowest BCUT2D eigenvalue weighted by Crippen LogP contribution is -2.26. The summed E-state index contributed by atoms with van der Waals surface area (Å²) >= 11 is 1.76. The molecule has 63 heavy (non-hydrogen) atoms. The van der Waals surface area contributed by atoms with Gasteiger partial charge in [0.2, 0.25) is 0 Å². The van der Waals surface area contributed by atoms with E-state index in [0.29, 0.717) is 12.0 Å². The molecule has 0 N–H and O–H groups in total. The van der Waals surface area contributed by atoms with Gasteiger partial charge in [-0.25, -0.2) is 0 Å². The third kappa shape index (κ3) is 7.04. The van der Waals surface area contributed by atoms with Gasteiger partial charge >= 0.3 is 0 Å². The third-order valence-corrected chi connectivity index (χ3v) is 13.7. The zero-order valence-electron chi connectivity index (χ0n) is 36.5. The van der Waals surface area contributed by atoms with Gasteiger partial charge in [-0.1, -0.05) is 98.5 Å². The first-order valence-corrected chi connectivity index (χ1v) is 22.5. The van der Waals surface area contributed by atoms with Crippen molar-refractivity contribution >= 4 is 89.7 Å². The van der Waals surface area contributed by atoms with Crippen LogP contribution in [0.25, 0.3) is 78.4 Å². The van der Waals surface area contributed by atoms with E-state index in [2.05, 4.69) is 188 Å². The molecule has 0 bridgehead atoms. The van der Waals surface area contributed by atoms with Gasteiger partial charge in [0.25, 0.3) is 0 Å². The molecule has 0 amide bonds. The van der Waals surface area contributed by atoms with Crippen molar-refractivity contribution < 1.29 is 0 Å². The summed E-state index contributed by atoms with van der Waals surface area (Å²) in [4.78, 5) is 2.14. The Morgan fingerprint density at radius 2 is 1.65 bits per heavy atom. The summed E-state index contributed by atoms with van der Waals surface area (Å²) in [6, 6.07) is 41.4. The number of aryl methyl sites for hydroxylation is 1. The zero-order valence-corrected chi connectivity index (χ0v) is 37.4. The second-order valence-corrected chi connectivity index (χ2v) is 17.2. The quantitative estimate of drug-likeness (QED) is 0.102. The Balaban J connectivity index is 1.30. The van der Waals surface area contributed by atoms with Gasteiger partial charge in [-0.3, -0.25) is 0 Å². The molecule has 308 valence electrons. The summed E-state index contributed by atoms with van der Waals surface area (Å²) in [5.41, 5.74) is 12.9. The summed E-state index contributed by atoms with van der Waals surface area (Å²) in [6.45, 7) is 15.3. The van der Waals surface area contributed by atoms with E-state index in [0.717, 1.165) is 84.7 Å². The van der Waals surface area contributed by atoms with Crippen LogP contribution < -0.4 is 14.7 Å². The Labute approximate surface area is 373 Å². The summed E-state index contributed by atoms with van der Waals surface area (Å²) < 4.78 is 6.99. The highest BCUT2D eigenvalue weighted by Gasteiger charge is 2.24. The molecule has 0 saturated heterocycles. The van der Waals surface area contributed by atoms with Gasteiger partial charge in [-0.2, -0.15) is 10.5 Å². The smallest absolute Gasteiger partial charge is 0.101 e. The minimum Gasteiger partial charge on any atom is -0.313 e. The van der Waals surface area contributed by atoms with E-state index in [9.17, 15) is 10.5 Å². The number of nitriles is 2. The first-order chi connectivity index (χ1) is 30.8. The van der Waals surface area contributed by atoms with Crippen molar-refractivity contribution in [2.45, 2.75) is 60.3 Å². The van der Waals surface area contributed by atoms with Crippen molar-refractivity contribution in [3.05, 3.63) is 183 Å². The fraction of sp³-hybridized carbons (Fsp3) is 0.158. The van der Waals surface area contributed by atoms with Crippen LogP contribution >= 0.6 is 11.3 Å². The van der Waals surface area contributed by atoms with Crippen LogP contribution in [0.15, 0.2) is 145 Å². The second-order valence-electron chi connectivity index (χ2n) is 16.1. The lowest BCUT2D eigenvalue weighted by atomic mass is 10.00. The predicted molar refractivity (Wildman–Crippen MR) is 269 cm³/mol.